The third kappa shape index (κ3) is 1.10. The lowest BCUT2D eigenvalue weighted by atomic mass is 10.6. The van der Waals surface area contributed by atoms with Crippen molar-refractivity contribution in [1.29, 1.82) is 0 Å². The van der Waals surface area contributed by atoms with Crippen molar-refractivity contribution in [2.24, 2.45) is 0 Å². The van der Waals surface area contributed by atoms with Gasteiger partial charge >= 0.3 is 6.03 Å². The lowest BCUT2D eigenvalue weighted by Crippen LogP contribution is -2.53. The summed E-state index contributed by atoms with van der Waals surface area (Å²) in [6.45, 7) is 1.61. The fourth-order valence-electron chi connectivity index (χ4n) is 0.606. The van der Waals surface area contributed by atoms with Gasteiger partial charge in [0.1, 0.15) is 0 Å². The highest BCUT2D eigenvalue weighted by Crippen LogP contribution is 1.79. The minimum atomic E-state index is -0.112. The van der Waals surface area contributed by atoms with E-state index < -0.39 is 0 Å². The fourth-order valence-corrected chi connectivity index (χ4v) is 0.606. The number of rotatable bonds is 0. The molecule has 0 aromatic rings. The van der Waals surface area contributed by atoms with E-state index in [0.717, 1.165) is 13.1 Å². The SMILES string of the molecule is CN1CCNC(=O)N1. The number of amides is 2. The predicted molar refractivity (Wildman–Crippen MR) is 29.2 cm³/mol. The van der Waals surface area contributed by atoms with Crippen molar-refractivity contribution in [3.63, 3.8) is 0 Å². The van der Waals surface area contributed by atoms with Gasteiger partial charge in [0.05, 0.1) is 0 Å². The Morgan fingerprint density at radius 3 is 2.88 bits per heavy atom. The van der Waals surface area contributed by atoms with Crippen LogP contribution in [0.5, 0.6) is 0 Å². The van der Waals surface area contributed by atoms with E-state index in [1.807, 2.05) is 7.05 Å². The van der Waals surface area contributed by atoms with Crippen LogP contribution in [0.1, 0.15) is 0 Å². The van der Waals surface area contributed by atoms with Crippen molar-refractivity contribution in [3.8, 4) is 0 Å². The molecule has 1 aliphatic rings. The lowest BCUT2D eigenvalue weighted by Gasteiger charge is -2.23. The van der Waals surface area contributed by atoms with Gasteiger partial charge in [0.25, 0.3) is 0 Å². The van der Waals surface area contributed by atoms with Crippen molar-refractivity contribution >= 4 is 6.03 Å². The Hall–Kier alpha value is -0.770. The Kier molecular flexibility index (Phi) is 1.34. The van der Waals surface area contributed by atoms with Crippen molar-refractivity contribution in [2.45, 2.75) is 0 Å². The lowest BCUT2D eigenvalue weighted by molar-refractivity contribution is 0.180. The summed E-state index contributed by atoms with van der Waals surface area (Å²) in [4.78, 5) is 10.4. The molecule has 0 unspecified atom stereocenters. The molecule has 2 amide bonds. The van der Waals surface area contributed by atoms with Gasteiger partial charge < -0.3 is 5.32 Å². The molecule has 2 N–H and O–H groups in total. The van der Waals surface area contributed by atoms with Crippen LogP contribution in [0.15, 0.2) is 0 Å². The summed E-state index contributed by atoms with van der Waals surface area (Å²) in [5.41, 5.74) is 2.56. The van der Waals surface area contributed by atoms with Crippen molar-refractivity contribution < 1.29 is 4.79 Å². The molecule has 4 nitrogen and oxygen atoms in total. The van der Waals surface area contributed by atoms with Gasteiger partial charge in [0.2, 0.25) is 0 Å². The normalized spacial score (nSPS) is 21.9. The largest absolute Gasteiger partial charge is 0.336 e. The van der Waals surface area contributed by atoms with E-state index in [1.165, 1.54) is 0 Å². The maximum absolute atomic E-state index is 10.4. The number of carbonyl (C=O) groups excluding carboxylic acids is 1. The number of nitrogens with zero attached hydrogens (tertiary/aromatic N) is 1. The number of hydrazine groups is 1. The van der Waals surface area contributed by atoms with E-state index in [9.17, 15) is 4.79 Å². The second-order valence-electron chi connectivity index (χ2n) is 1.79. The van der Waals surface area contributed by atoms with Gasteiger partial charge in [-0.1, -0.05) is 0 Å². The van der Waals surface area contributed by atoms with Crippen LogP contribution in [0.2, 0.25) is 0 Å². The molecule has 0 radical (unpaired) electrons. The van der Waals surface area contributed by atoms with Crippen LogP contribution < -0.4 is 10.7 Å². The first-order valence-electron chi connectivity index (χ1n) is 2.54. The van der Waals surface area contributed by atoms with E-state index in [4.69, 9.17) is 0 Å². The smallest absolute Gasteiger partial charge is 0.329 e. The molecule has 1 aliphatic heterocycles. The van der Waals surface area contributed by atoms with Crippen LogP contribution in [0.4, 0.5) is 4.79 Å². The summed E-state index contributed by atoms with van der Waals surface area (Å²) in [5, 5.41) is 4.37. The second-order valence-corrected chi connectivity index (χ2v) is 1.79. The van der Waals surface area contributed by atoms with Gasteiger partial charge in [-0.3, -0.25) is 5.43 Å². The summed E-state index contributed by atoms with van der Waals surface area (Å²) >= 11 is 0. The standard InChI is InChI=1S/C4H9N3O/c1-7-3-2-5-4(8)6-7/h2-3H2,1H3,(H2,5,6,8). The first-order valence-corrected chi connectivity index (χ1v) is 2.54. The Morgan fingerprint density at radius 1 is 1.75 bits per heavy atom. The number of carbonyl (C=O) groups is 1. The summed E-state index contributed by atoms with van der Waals surface area (Å²) in [6.07, 6.45) is 0. The van der Waals surface area contributed by atoms with Crippen molar-refractivity contribution in [2.75, 3.05) is 20.1 Å². The number of nitrogens with one attached hydrogen (secondary N) is 2. The molecule has 4 heteroatoms. The minimum Gasteiger partial charge on any atom is -0.336 e. The highest BCUT2D eigenvalue weighted by atomic mass is 16.2. The Balaban J connectivity index is 2.34. The second kappa shape index (κ2) is 2.00. The van der Waals surface area contributed by atoms with Gasteiger partial charge in [-0.25, -0.2) is 9.80 Å². The van der Waals surface area contributed by atoms with Crippen molar-refractivity contribution in [3.05, 3.63) is 0 Å². The molecule has 1 saturated heterocycles. The molecular formula is C4H9N3O. The molecule has 46 valence electrons. The number of urea groups is 1. The zero-order valence-corrected chi connectivity index (χ0v) is 4.77. The van der Waals surface area contributed by atoms with E-state index in [-0.39, 0.29) is 6.03 Å². The van der Waals surface area contributed by atoms with Gasteiger partial charge in [-0.05, 0) is 0 Å². The first-order chi connectivity index (χ1) is 3.79. The number of hydrogen-bond acceptors (Lipinski definition) is 2. The maximum Gasteiger partial charge on any atom is 0.329 e. The minimum absolute atomic E-state index is 0.112. The van der Waals surface area contributed by atoms with E-state index >= 15 is 0 Å². The summed E-state index contributed by atoms with van der Waals surface area (Å²) in [7, 11) is 1.83. The molecule has 0 spiro atoms. The average Bonchev–Trinajstić information content (AvgIpc) is 1.64. The molecule has 0 aliphatic carbocycles. The Bertz CT molecular complexity index is 103. The average molecular weight is 115 g/mol. The Labute approximate surface area is 47.8 Å². The molecule has 1 heterocycles. The molecule has 0 atom stereocenters. The van der Waals surface area contributed by atoms with E-state index in [1.54, 1.807) is 5.01 Å². The third-order valence-electron chi connectivity index (χ3n) is 1.03. The summed E-state index contributed by atoms with van der Waals surface area (Å²) < 4.78 is 0. The van der Waals surface area contributed by atoms with Crippen molar-refractivity contribution in [1.82, 2.24) is 15.8 Å². The molecule has 1 rings (SSSR count). The first kappa shape index (κ1) is 5.37. The molecule has 0 aromatic heterocycles. The quantitative estimate of drug-likeness (QED) is 0.431. The van der Waals surface area contributed by atoms with E-state index in [2.05, 4.69) is 10.7 Å². The van der Waals surface area contributed by atoms with Crippen LogP contribution in [0.25, 0.3) is 0 Å². The molecule has 0 bridgehead atoms. The van der Waals surface area contributed by atoms with Gasteiger partial charge in [-0.15, -0.1) is 0 Å². The summed E-state index contributed by atoms with van der Waals surface area (Å²) in [5.74, 6) is 0. The third-order valence-corrected chi connectivity index (χ3v) is 1.03. The Morgan fingerprint density at radius 2 is 2.50 bits per heavy atom. The number of hydrogen-bond donors (Lipinski definition) is 2. The molecular weight excluding hydrogens is 106 g/mol. The topological polar surface area (TPSA) is 44.4 Å². The molecule has 1 fully saturated rings. The van der Waals surface area contributed by atoms with Crippen LogP contribution in [-0.4, -0.2) is 31.2 Å². The zero-order chi connectivity index (χ0) is 5.98. The molecule has 0 saturated carbocycles. The molecule has 0 aromatic carbocycles. The monoisotopic (exact) mass is 115 g/mol. The highest BCUT2D eigenvalue weighted by Gasteiger charge is 2.08. The predicted octanol–water partition coefficient (Wildman–Crippen LogP) is -0.854. The van der Waals surface area contributed by atoms with Crippen LogP contribution >= 0.6 is 0 Å². The summed E-state index contributed by atoms with van der Waals surface area (Å²) in [6, 6.07) is -0.112. The van der Waals surface area contributed by atoms with Gasteiger partial charge in [0, 0.05) is 20.1 Å². The van der Waals surface area contributed by atoms with E-state index in [0.29, 0.717) is 0 Å². The van der Waals surface area contributed by atoms with Crippen LogP contribution in [0, 0.1) is 0 Å². The van der Waals surface area contributed by atoms with Gasteiger partial charge in [-0.2, -0.15) is 0 Å². The molecule has 8 heavy (non-hydrogen) atoms. The van der Waals surface area contributed by atoms with Crippen LogP contribution in [0.3, 0.4) is 0 Å². The zero-order valence-electron chi connectivity index (χ0n) is 4.77. The fraction of sp³-hybridized carbons (Fsp3) is 0.750. The highest BCUT2D eigenvalue weighted by molar-refractivity contribution is 5.73. The van der Waals surface area contributed by atoms with Gasteiger partial charge in [0.15, 0.2) is 0 Å². The number of likely N-dealkylation sites (N-methyl/N-ethyl adjacent to an activating group) is 1. The maximum atomic E-state index is 10.4. The van der Waals surface area contributed by atoms with Crippen LogP contribution in [-0.2, 0) is 0 Å².